The molecule has 3 heterocycles. The fourth-order valence-electron chi connectivity index (χ4n) is 4.11. The van der Waals surface area contributed by atoms with Gasteiger partial charge in [0.05, 0.1) is 7.11 Å². The molecule has 2 aliphatic heterocycles. The third kappa shape index (κ3) is 5.06. The van der Waals surface area contributed by atoms with Gasteiger partial charge in [-0.15, -0.1) is 0 Å². The van der Waals surface area contributed by atoms with E-state index < -0.39 is 6.10 Å². The van der Waals surface area contributed by atoms with Crippen molar-refractivity contribution < 1.29 is 28.3 Å². The number of methoxy groups -OCH3 is 1. The van der Waals surface area contributed by atoms with Crippen LogP contribution in [0.15, 0.2) is 53.1 Å². The quantitative estimate of drug-likeness (QED) is 0.531. The van der Waals surface area contributed by atoms with Crippen LogP contribution in [0.2, 0.25) is 0 Å². The maximum Gasteiger partial charge on any atom is 0.267 e. The molecule has 2 aromatic carbocycles. The Hall–Kier alpha value is -4.08. The molecule has 1 saturated heterocycles. The molecule has 0 N–H and O–H groups in total. The predicted molar refractivity (Wildman–Crippen MR) is 124 cm³/mol. The van der Waals surface area contributed by atoms with Crippen molar-refractivity contribution in [3.05, 3.63) is 54.4 Å². The highest BCUT2D eigenvalue weighted by atomic mass is 16.6. The van der Waals surface area contributed by atoms with Gasteiger partial charge in [0.15, 0.2) is 11.5 Å². The number of ether oxygens (including phenoxy) is 3. The minimum absolute atomic E-state index is 0.00697. The third-order valence-electron chi connectivity index (χ3n) is 6.10. The minimum Gasteiger partial charge on any atom is -0.497 e. The molecule has 10 heteroatoms. The van der Waals surface area contributed by atoms with Crippen molar-refractivity contribution in [3.8, 4) is 28.6 Å². The molecular weight excluding hydrogens is 452 g/mol. The second-order valence-electron chi connectivity index (χ2n) is 8.31. The van der Waals surface area contributed by atoms with Crippen molar-refractivity contribution in [1.29, 1.82) is 0 Å². The van der Waals surface area contributed by atoms with Crippen molar-refractivity contribution in [1.82, 2.24) is 19.9 Å². The molecule has 1 unspecified atom stereocenters. The standard InChI is InChI=1S/C25H26N4O6/c1-32-18-8-6-17(7-9-18)24-26-22(35-27-24)10-11-23(30)28-12-14-29(15-13-28)25(31)21-16-33-19-4-2-3-5-20(19)34-21/h2-9,21H,10-16H2,1H3. The van der Waals surface area contributed by atoms with Gasteiger partial charge in [-0.25, -0.2) is 0 Å². The molecule has 5 rings (SSSR count). The van der Waals surface area contributed by atoms with Crippen LogP contribution in [0.1, 0.15) is 12.3 Å². The first-order valence-corrected chi connectivity index (χ1v) is 11.5. The van der Waals surface area contributed by atoms with Gasteiger partial charge in [0.25, 0.3) is 5.91 Å². The summed E-state index contributed by atoms with van der Waals surface area (Å²) in [4.78, 5) is 33.5. The number of aromatic nitrogens is 2. The first-order valence-electron chi connectivity index (χ1n) is 11.5. The lowest BCUT2D eigenvalue weighted by Crippen LogP contribution is -2.55. The predicted octanol–water partition coefficient (Wildman–Crippen LogP) is 2.19. The van der Waals surface area contributed by atoms with Gasteiger partial charge >= 0.3 is 0 Å². The first kappa shape index (κ1) is 22.7. The molecular formula is C25H26N4O6. The van der Waals surface area contributed by atoms with E-state index in [1.54, 1.807) is 23.0 Å². The summed E-state index contributed by atoms with van der Waals surface area (Å²) in [6, 6.07) is 14.7. The van der Waals surface area contributed by atoms with E-state index in [-0.39, 0.29) is 24.8 Å². The summed E-state index contributed by atoms with van der Waals surface area (Å²) in [7, 11) is 1.61. The van der Waals surface area contributed by atoms with Gasteiger partial charge in [-0.1, -0.05) is 17.3 Å². The second-order valence-corrected chi connectivity index (χ2v) is 8.31. The summed E-state index contributed by atoms with van der Waals surface area (Å²) in [5.41, 5.74) is 0.809. The molecule has 1 aromatic heterocycles. The van der Waals surface area contributed by atoms with E-state index >= 15 is 0 Å². The van der Waals surface area contributed by atoms with Crippen LogP contribution >= 0.6 is 0 Å². The van der Waals surface area contributed by atoms with Gasteiger partial charge in [0.1, 0.15) is 12.4 Å². The van der Waals surface area contributed by atoms with E-state index in [0.717, 1.165) is 11.3 Å². The Balaban J connectivity index is 1.09. The summed E-state index contributed by atoms with van der Waals surface area (Å²) in [5.74, 6) is 2.71. The van der Waals surface area contributed by atoms with Gasteiger partial charge in [-0.05, 0) is 36.4 Å². The van der Waals surface area contributed by atoms with E-state index in [1.807, 2.05) is 42.5 Å². The average Bonchev–Trinajstić information content (AvgIpc) is 3.40. The van der Waals surface area contributed by atoms with Crippen LogP contribution in [-0.4, -0.2) is 77.8 Å². The van der Waals surface area contributed by atoms with E-state index in [2.05, 4.69) is 10.1 Å². The fourth-order valence-corrected chi connectivity index (χ4v) is 4.11. The number of para-hydroxylation sites is 2. The number of hydrogen-bond acceptors (Lipinski definition) is 8. The molecule has 0 bridgehead atoms. The molecule has 1 fully saturated rings. The summed E-state index contributed by atoms with van der Waals surface area (Å²) in [6.45, 7) is 2.02. The Morgan fingerprint density at radius 2 is 1.71 bits per heavy atom. The Morgan fingerprint density at radius 3 is 2.46 bits per heavy atom. The number of benzene rings is 2. The van der Waals surface area contributed by atoms with Crippen molar-refractivity contribution in [2.75, 3.05) is 39.9 Å². The van der Waals surface area contributed by atoms with E-state index in [0.29, 0.717) is 55.8 Å². The van der Waals surface area contributed by atoms with Gasteiger partial charge in [-0.2, -0.15) is 4.98 Å². The van der Waals surface area contributed by atoms with Crippen molar-refractivity contribution in [2.45, 2.75) is 18.9 Å². The van der Waals surface area contributed by atoms with Crippen molar-refractivity contribution >= 4 is 11.8 Å². The average molecular weight is 479 g/mol. The number of amides is 2. The van der Waals surface area contributed by atoms with Gasteiger partial charge in [0.2, 0.25) is 23.7 Å². The summed E-state index contributed by atoms with van der Waals surface area (Å²) < 4.78 is 22.0. The first-order chi connectivity index (χ1) is 17.1. The zero-order valence-electron chi connectivity index (χ0n) is 19.4. The topological polar surface area (TPSA) is 107 Å². The zero-order valence-corrected chi connectivity index (χ0v) is 19.4. The second kappa shape index (κ2) is 10.0. The number of aryl methyl sites for hydroxylation is 1. The third-order valence-corrected chi connectivity index (χ3v) is 6.10. The lowest BCUT2D eigenvalue weighted by atomic mass is 10.2. The number of nitrogens with zero attached hydrogens (tertiary/aromatic N) is 4. The van der Waals surface area contributed by atoms with Crippen molar-refractivity contribution in [3.63, 3.8) is 0 Å². The van der Waals surface area contributed by atoms with E-state index in [4.69, 9.17) is 18.7 Å². The van der Waals surface area contributed by atoms with Crippen LogP contribution in [0, 0.1) is 0 Å². The number of rotatable bonds is 6. The summed E-state index contributed by atoms with van der Waals surface area (Å²) in [6.07, 6.45) is -0.0629. The smallest absolute Gasteiger partial charge is 0.267 e. The Morgan fingerprint density at radius 1 is 1.00 bits per heavy atom. The molecule has 0 radical (unpaired) electrons. The van der Waals surface area contributed by atoms with Gasteiger partial charge in [-0.3, -0.25) is 9.59 Å². The molecule has 2 amide bonds. The Kier molecular flexibility index (Phi) is 6.51. The van der Waals surface area contributed by atoms with Gasteiger partial charge in [0, 0.05) is 44.6 Å². The van der Waals surface area contributed by atoms with Crippen LogP contribution in [0.5, 0.6) is 17.2 Å². The molecule has 35 heavy (non-hydrogen) atoms. The lowest BCUT2D eigenvalue weighted by molar-refractivity contribution is -0.146. The largest absolute Gasteiger partial charge is 0.497 e. The normalized spacial score (nSPS) is 17.2. The number of carbonyl (C=O) groups is 2. The Bertz CT molecular complexity index is 1190. The summed E-state index contributed by atoms with van der Waals surface area (Å²) >= 11 is 0. The van der Waals surface area contributed by atoms with E-state index in [9.17, 15) is 9.59 Å². The number of fused-ring (bicyclic) bond motifs is 1. The van der Waals surface area contributed by atoms with Crippen LogP contribution in [0.25, 0.3) is 11.4 Å². The minimum atomic E-state index is -0.676. The number of hydrogen-bond donors (Lipinski definition) is 0. The number of piperazine rings is 1. The monoisotopic (exact) mass is 478 g/mol. The van der Waals surface area contributed by atoms with Crippen LogP contribution < -0.4 is 14.2 Å². The molecule has 0 saturated carbocycles. The zero-order chi connectivity index (χ0) is 24.2. The number of carbonyl (C=O) groups excluding carboxylic acids is 2. The van der Waals surface area contributed by atoms with Crippen LogP contribution in [0.3, 0.4) is 0 Å². The molecule has 0 spiro atoms. The molecule has 10 nitrogen and oxygen atoms in total. The highest BCUT2D eigenvalue weighted by Crippen LogP contribution is 2.31. The van der Waals surface area contributed by atoms with E-state index in [1.165, 1.54) is 0 Å². The Labute approximate surface area is 202 Å². The fraction of sp³-hybridized carbons (Fsp3) is 0.360. The SMILES string of the molecule is COc1ccc(-c2noc(CCC(=O)N3CCN(C(=O)C4COc5ccccc5O4)CC3)n2)cc1. The van der Waals surface area contributed by atoms with Crippen LogP contribution in [0.4, 0.5) is 0 Å². The highest BCUT2D eigenvalue weighted by Gasteiger charge is 2.33. The molecule has 3 aromatic rings. The maximum atomic E-state index is 12.9. The molecule has 182 valence electrons. The lowest BCUT2D eigenvalue weighted by Gasteiger charge is -2.37. The molecule has 2 aliphatic rings. The maximum absolute atomic E-state index is 12.9. The van der Waals surface area contributed by atoms with Crippen LogP contribution in [-0.2, 0) is 16.0 Å². The molecule has 1 atom stereocenters. The highest BCUT2D eigenvalue weighted by molar-refractivity contribution is 5.82. The summed E-state index contributed by atoms with van der Waals surface area (Å²) in [5, 5.41) is 4.00. The van der Waals surface area contributed by atoms with Gasteiger partial charge < -0.3 is 28.5 Å². The molecule has 0 aliphatic carbocycles. The van der Waals surface area contributed by atoms with Crippen molar-refractivity contribution in [2.24, 2.45) is 0 Å².